The largest absolute Gasteiger partial charge is 0.301 e. The SMILES string of the molecule is Cc1nc(CSc2ccc(C(=O)NC3=NCCS3)cc2)cs1. The molecule has 0 aliphatic carbocycles. The van der Waals surface area contributed by atoms with Gasteiger partial charge in [0.05, 0.1) is 17.2 Å². The summed E-state index contributed by atoms with van der Waals surface area (Å²) in [6.07, 6.45) is 0. The Bertz CT molecular complexity index is 694. The number of carbonyl (C=O) groups is 1. The fraction of sp³-hybridized carbons (Fsp3) is 0.267. The van der Waals surface area contributed by atoms with Gasteiger partial charge in [-0.3, -0.25) is 9.79 Å². The third kappa shape index (κ3) is 4.12. The van der Waals surface area contributed by atoms with Crippen LogP contribution in [0.15, 0.2) is 39.5 Å². The molecule has 4 nitrogen and oxygen atoms in total. The van der Waals surface area contributed by atoms with E-state index in [4.69, 9.17) is 0 Å². The first-order valence-electron chi connectivity index (χ1n) is 6.83. The quantitative estimate of drug-likeness (QED) is 0.857. The highest BCUT2D eigenvalue weighted by atomic mass is 32.2. The molecule has 2 heterocycles. The van der Waals surface area contributed by atoms with Gasteiger partial charge in [-0.25, -0.2) is 4.98 Å². The van der Waals surface area contributed by atoms with Crippen LogP contribution in [-0.2, 0) is 5.75 Å². The molecule has 0 atom stereocenters. The fourth-order valence-electron chi connectivity index (χ4n) is 1.91. The number of aryl methyl sites for hydroxylation is 1. The molecule has 1 aromatic heterocycles. The molecule has 0 unspecified atom stereocenters. The van der Waals surface area contributed by atoms with Crippen LogP contribution >= 0.6 is 34.9 Å². The summed E-state index contributed by atoms with van der Waals surface area (Å²) in [6, 6.07) is 7.65. The maximum Gasteiger partial charge on any atom is 0.257 e. The second kappa shape index (κ2) is 7.30. The summed E-state index contributed by atoms with van der Waals surface area (Å²) in [5.74, 6) is 1.70. The van der Waals surface area contributed by atoms with Crippen LogP contribution in [-0.4, -0.2) is 28.4 Å². The average molecular weight is 350 g/mol. The molecular formula is C15H15N3OS3. The van der Waals surface area contributed by atoms with Crippen molar-refractivity contribution in [3.05, 3.63) is 45.9 Å². The van der Waals surface area contributed by atoms with Crippen molar-refractivity contribution in [2.75, 3.05) is 12.3 Å². The zero-order valence-electron chi connectivity index (χ0n) is 12.0. The standard InChI is InChI=1S/C15H15N3OS3/c1-10-17-12(8-21-10)9-22-13-4-2-11(3-5-13)14(19)18-15-16-6-7-20-15/h2-5,8H,6-7,9H2,1H3,(H,16,18,19). The van der Waals surface area contributed by atoms with Gasteiger partial charge in [-0.1, -0.05) is 11.8 Å². The first-order chi connectivity index (χ1) is 10.7. The summed E-state index contributed by atoms with van der Waals surface area (Å²) in [5.41, 5.74) is 1.76. The van der Waals surface area contributed by atoms with Gasteiger partial charge in [-0.2, -0.15) is 0 Å². The highest BCUT2D eigenvalue weighted by Gasteiger charge is 2.12. The maximum atomic E-state index is 12.1. The minimum Gasteiger partial charge on any atom is -0.301 e. The molecule has 7 heteroatoms. The van der Waals surface area contributed by atoms with Gasteiger partial charge >= 0.3 is 0 Å². The van der Waals surface area contributed by atoms with Gasteiger partial charge in [-0.05, 0) is 31.2 Å². The Morgan fingerprint density at radius 2 is 2.18 bits per heavy atom. The fourth-order valence-corrected chi connectivity index (χ4v) is 4.15. The number of thiazole rings is 1. The van der Waals surface area contributed by atoms with E-state index >= 15 is 0 Å². The van der Waals surface area contributed by atoms with Crippen LogP contribution in [0.1, 0.15) is 21.1 Å². The van der Waals surface area contributed by atoms with Gasteiger partial charge < -0.3 is 5.32 Å². The minimum absolute atomic E-state index is 0.0974. The summed E-state index contributed by atoms with van der Waals surface area (Å²) in [5, 5.41) is 6.74. The number of amidine groups is 1. The zero-order valence-corrected chi connectivity index (χ0v) is 14.5. The molecule has 114 valence electrons. The first kappa shape index (κ1) is 15.6. The van der Waals surface area contributed by atoms with Gasteiger partial charge in [0.15, 0.2) is 5.17 Å². The van der Waals surface area contributed by atoms with E-state index < -0.39 is 0 Å². The Labute approximate surface area is 141 Å². The normalized spacial score (nSPS) is 14.0. The van der Waals surface area contributed by atoms with Gasteiger partial charge in [0.1, 0.15) is 0 Å². The van der Waals surface area contributed by atoms with Crippen LogP contribution < -0.4 is 5.32 Å². The smallest absolute Gasteiger partial charge is 0.257 e. The van der Waals surface area contributed by atoms with Crippen LogP contribution in [0.3, 0.4) is 0 Å². The topological polar surface area (TPSA) is 54.4 Å². The van der Waals surface area contributed by atoms with E-state index in [1.165, 1.54) is 0 Å². The predicted molar refractivity (Wildman–Crippen MR) is 95.1 cm³/mol. The summed E-state index contributed by atoms with van der Waals surface area (Å²) >= 11 is 4.98. The molecule has 1 N–H and O–H groups in total. The summed E-state index contributed by atoms with van der Waals surface area (Å²) < 4.78 is 0. The molecule has 0 saturated carbocycles. The van der Waals surface area contributed by atoms with E-state index in [0.29, 0.717) is 5.56 Å². The van der Waals surface area contributed by atoms with Crippen molar-refractivity contribution in [2.24, 2.45) is 4.99 Å². The molecular weight excluding hydrogens is 334 g/mol. The number of hydrogen-bond donors (Lipinski definition) is 1. The van der Waals surface area contributed by atoms with E-state index in [1.807, 2.05) is 31.2 Å². The summed E-state index contributed by atoms with van der Waals surface area (Å²) in [6.45, 7) is 2.80. The van der Waals surface area contributed by atoms with Gasteiger partial charge in [0, 0.05) is 27.3 Å². The Morgan fingerprint density at radius 3 is 2.82 bits per heavy atom. The average Bonchev–Trinajstić information content (AvgIpc) is 3.17. The van der Waals surface area contributed by atoms with E-state index in [0.717, 1.165) is 38.8 Å². The molecule has 1 aromatic carbocycles. The molecule has 0 spiro atoms. The zero-order chi connectivity index (χ0) is 15.4. The molecule has 1 amide bonds. The lowest BCUT2D eigenvalue weighted by molar-refractivity contribution is 0.0978. The van der Waals surface area contributed by atoms with Crippen molar-refractivity contribution in [1.29, 1.82) is 0 Å². The number of aliphatic imine (C=N–C) groups is 1. The second-order valence-corrected chi connectivity index (χ2v) is 7.85. The van der Waals surface area contributed by atoms with Crippen LogP contribution in [0.4, 0.5) is 0 Å². The molecule has 1 aliphatic heterocycles. The predicted octanol–water partition coefficient (Wildman–Crippen LogP) is 3.58. The molecule has 0 fully saturated rings. The second-order valence-electron chi connectivity index (χ2n) is 4.66. The third-order valence-corrected chi connectivity index (χ3v) is 5.73. The number of rotatable bonds is 4. The Kier molecular flexibility index (Phi) is 5.17. The number of benzene rings is 1. The molecule has 0 bridgehead atoms. The maximum absolute atomic E-state index is 12.1. The molecule has 0 saturated heterocycles. The lowest BCUT2D eigenvalue weighted by Crippen LogP contribution is -2.27. The van der Waals surface area contributed by atoms with Gasteiger partial charge in [0.2, 0.25) is 0 Å². The van der Waals surface area contributed by atoms with Crippen molar-refractivity contribution in [3.63, 3.8) is 0 Å². The van der Waals surface area contributed by atoms with Crippen LogP contribution in [0, 0.1) is 6.92 Å². The summed E-state index contributed by atoms with van der Waals surface area (Å²) in [4.78, 5) is 21.9. The number of thioether (sulfide) groups is 2. The number of hydrogen-bond acceptors (Lipinski definition) is 6. The van der Waals surface area contributed by atoms with Crippen molar-refractivity contribution in [2.45, 2.75) is 17.6 Å². The molecule has 2 aromatic rings. The van der Waals surface area contributed by atoms with E-state index in [-0.39, 0.29) is 5.91 Å². The number of nitrogens with one attached hydrogen (secondary N) is 1. The molecule has 3 rings (SSSR count). The van der Waals surface area contributed by atoms with Crippen molar-refractivity contribution in [1.82, 2.24) is 10.3 Å². The van der Waals surface area contributed by atoms with Crippen molar-refractivity contribution >= 4 is 45.9 Å². The third-order valence-electron chi connectivity index (χ3n) is 2.98. The number of amides is 1. The van der Waals surface area contributed by atoms with E-state index in [1.54, 1.807) is 34.9 Å². The molecule has 0 radical (unpaired) electrons. The Balaban J connectivity index is 1.56. The lowest BCUT2D eigenvalue weighted by Gasteiger charge is -2.05. The van der Waals surface area contributed by atoms with Crippen LogP contribution in [0.25, 0.3) is 0 Å². The highest BCUT2D eigenvalue weighted by molar-refractivity contribution is 8.14. The number of carbonyl (C=O) groups excluding carboxylic acids is 1. The lowest BCUT2D eigenvalue weighted by atomic mass is 10.2. The van der Waals surface area contributed by atoms with Crippen molar-refractivity contribution in [3.8, 4) is 0 Å². The van der Waals surface area contributed by atoms with Crippen LogP contribution in [0.5, 0.6) is 0 Å². The Hall–Kier alpha value is -1.31. The highest BCUT2D eigenvalue weighted by Crippen LogP contribution is 2.24. The van der Waals surface area contributed by atoms with Crippen LogP contribution in [0.2, 0.25) is 0 Å². The first-order valence-corrected chi connectivity index (χ1v) is 9.68. The summed E-state index contributed by atoms with van der Waals surface area (Å²) in [7, 11) is 0. The Morgan fingerprint density at radius 1 is 1.36 bits per heavy atom. The monoisotopic (exact) mass is 349 g/mol. The van der Waals surface area contributed by atoms with Gasteiger partial charge in [-0.15, -0.1) is 23.1 Å². The van der Waals surface area contributed by atoms with Crippen molar-refractivity contribution < 1.29 is 4.79 Å². The minimum atomic E-state index is -0.0974. The van der Waals surface area contributed by atoms with Gasteiger partial charge in [0.25, 0.3) is 5.91 Å². The number of nitrogens with zero attached hydrogens (tertiary/aromatic N) is 2. The van der Waals surface area contributed by atoms with E-state index in [9.17, 15) is 4.79 Å². The molecule has 1 aliphatic rings. The van der Waals surface area contributed by atoms with E-state index in [2.05, 4.69) is 20.7 Å². The molecule has 22 heavy (non-hydrogen) atoms. The number of aromatic nitrogens is 1.